The third kappa shape index (κ3) is 2.45. The van der Waals surface area contributed by atoms with Gasteiger partial charge in [0.15, 0.2) is 0 Å². The number of aromatic nitrogens is 1. The first kappa shape index (κ1) is 10.5. The van der Waals surface area contributed by atoms with Crippen molar-refractivity contribution in [3.8, 4) is 0 Å². The molecule has 1 aromatic rings. The molecule has 0 saturated carbocycles. The first-order valence-corrected chi connectivity index (χ1v) is 6.43. The fraction of sp³-hybridized carbons (Fsp3) is 0. The van der Waals surface area contributed by atoms with Crippen LogP contribution in [0.15, 0.2) is 17.2 Å². The number of rotatable bonds is 1. The largest absolute Gasteiger partial charge is 0.263 e. The van der Waals surface area contributed by atoms with E-state index in [4.69, 9.17) is 22.3 Å². The Morgan fingerprint density at radius 1 is 1.50 bits per heavy atom. The lowest BCUT2D eigenvalue weighted by Gasteiger charge is -1.98. The molecule has 0 aliphatic carbocycles. The van der Waals surface area contributed by atoms with Crippen LogP contribution in [-0.2, 0) is 9.05 Å². The van der Waals surface area contributed by atoms with E-state index in [1.54, 1.807) is 22.6 Å². The van der Waals surface area contributed by atoms with Crippen LogP contribution in [0.2, 0.25) is 5.02 Å². The SMILES string of the molecule is O=S(=O)(Cl)c1cc(Cl)cnc1I. The highest BCUT2D eigenvalue weighted by Gasteiger charge is 2.15. The third-order valence-electron chi connectivity index (χ3n) is 1.04. The summed E-state index contributed by atoms with van der Waals surface area (Å²) in [7, 11) is 1.37. The summed E-state index contributed by atoms with van der Waals surface area (Å²) in [6, 6.07) is 1.26. The predicted octanol–water partition coefficient (Wildman–Crippen LogP) is 2.27. The van der Waals surface area contributed by atoms with Crippen molar-refractivity contribution in [2.45, 2.75) is 4.90 Å². The minimum Gasteiger partial charge on any atom is -0.247 e. The number of hydrogen-bond donors (Lipinski definition) is 0. The molecule has 0 bridgehead atoms. The summed E-state index contributed by atoms with van der Waals surface area (Å²) in [4.78, 5) is 3.68. The van der Waals surface area contributed by atoms with Gasteiger partial charge in [-0.2, -0.15) is 0 Å². The molecule has 0 atom stereocenters. The molecule has 3 nitrogen and oxygen atoms in total. The highest BCUT2D eigenvalue weighted by Crippen LogP contribution is 2.22. The Morgan fingerprint density at radius 3 is 2.50 bits per heavy atom. The molecule has 1 aromatic heterocycles. The molecule has 0 aromatic carbocycles. The van der Waals surface area contributed by atoms with Crippen molar-refractivity contribution in [3.05, 3.63) is 21.0 Å². The minimum absolute atomic E-state index is 0.0581. The summed E-state index contributed by atoms with van der Waals surface area (Å²) in [5.41, 5.74) is 0. The van der Waals surface area contributed by atoms with E-state index < -0.39 is 9.05 Å². The van der Waals surface area contributed by atoms with Crippen molar-refractivity contribution in [2.75, 3.05) is 0 Å². The van der Waals surface area contributed by atoms with E-state index in [1.807, 2.05) is 0 Å². The van der Waals surface area contributed by atoms with E-state index in [9.17, 15) is 8.42 Å². The van der Waals surface area contributed by atoms with Gasteiger partial charge in [0.1, 0.15) is 8.60 Å². The monoisotopic (exact) mass is 337 g/mol. The normalized spacial score (nSPS) is 11.6. The maximum Gasteiger partial charge on any atom is 0.263 e. The second-order valence-electron chi connectivity index (χ2n) is 1.88. The van der Waals surface area contributed by atoms with Crippen molar-refractivity contribution in [1.29, 1.82) is 0 Å². The zero-order valence-corrected chi connectivity index (χ0v) is 9.95. The highest BCUT2D eigenvalue weighted by atomic mass is 127. The van der Waals surface area contributed by atoms with Gasteiger partial charge in [0.2, 0.25) is 0 Å². The quantitative estimate of drug-likeness (QED) is 0.448. The smallest absolute Gasteiger partial charge is 0.247 e. The molecule has 66 valence electrons. The Balaban J connectivity index is 3.43. The summed E-state index contributed by atoms with van der Waals surface area (Å²) in [5.74, 6) is 0. The number of halogens is 3. The molecule has 1 heterocycles. The van der Waals surface area contributed by atoms with Gasteiger partial charge < -0.3 is 0 Å². The van der Waals surface area contributed by atoms with Crippen molar-refractivity contribution < 1.29 is 8.42 Å². The van der Waals surface area contributed by atoms with E-state index in [1.165, 1.54) is 12.3 Å². The van der Waals surface area contributed by atoms with Gasteiger partial charge in [-0.05, 0) is 28.7 Å². The van der Waals surface area contributed by atoms with E-state index in [2.05, 4.69) is 4.98 Å². The molecule has 0 aliphatic heterocycles. The highest BCUT2D eigenvalue weighted by molar-refractivity contribution is 14.1. The summed E-state index contributed by atoms with van der Waals surface area (Å²) in [6.45, 7) is 0. The fourth-order valence-corrected chi connectivity index (χ4v) is 3.23. The van der Waals surface area contributed by atoms with Crippen LogP contribution >= 0.6 is 44.9 Å². The van der Waals surface area contributed by atoms with Crippen molar-refractivity contribution in [1.82, 2.24) is 4.98 Å². The zero-order chi connectivity index (χ0) is 9.35. The van der Waals surface area contributed by atoms with Gasteiger partial charge in [0.05, 0.1) is 5.02 Å². The number of hydrogen-bond acceptors (Lipinski definition) is 3. The Morgan fingerprint density at radius 2 is 2.08 bits per heavy atom. The molecule has 0 saturated heterocycles. The van der Waals surface area contributed by atoms with Crippen LogP contribution in [0, 0.1) is 3.70 Å². The second kappa shape index (κ2) is 3.65. The third-order valence-corrected chi connectivity index (χ3v) is 3.80. The molecule has 0 aliphatic rings. The Kier molecular flexibility index (Phi) is 3.19. The lowest BCUT2D eigenvalue weighted by Crippen LogP contribution is -1.96. The Bertz CT molecular complexity index is 406. The van der Waals surface area contributed by atoms with Crippen LogP contribution in [-0.4, -0.2) is 13.4 Å². The van der Waals surface area contributed by atoms with Gasteiger partial charge in [-0.3, -0.25) is 0 Å². The van der Waals surface area contributed by atoms with Gasteiger partial charge >= 0.3 is 0 Å². The molecule has 0 fully saturated rings. The van der Waals surface area contributed by atoms with Crippen LogP contribution in [0.3, 0.4) is 0 Å². The van der Waals surface area contributed by atoms with E-state index in [-0.39, 0.29) is 9.92 Å². The summed E-state index contributed by atoms with van der Waals surface area (Å²) >= 11 is 7.30. The molecule has 0 radical (unpaired) electrons. The van der Waals surface area contributed by atoms with Gasteiger partial charge in [0, 0.05) is 16.9 Å². The maximum atomic E-state index is 10.9. The first-order chi connectivity index (χ1) is 5.41. The fourth-order valence-electron chi connectivity index (χ4n) is 0.575. The molecule has 7 heteroatoms. The maximum absolute atomic E-state index is 10.9. The van der Waals surface area contributed by atoms with Gasteiger partial charge in [0.25, 0.3) is 9.05 Å². The standard InChI is InChI=1S/C5H2Cl2INO2S/c6-3-1-4(12(7,10)11)5(8)9-2-3/h1-2H. The van der Waals surface area contributed by atoms with Crippen molar-refractivity contribution in [3.63, 3.8) is 0 Å². The molecule has 0 N–H and O–H groups in total. The second-order valence-corrected chi connectivity index (χ2v) is 5.87. The van der Waals surface area contributed by atoms with Gasteiger partial charge in [-0.15, -0.1) is 0 Å². The minimum atomic E-state index is -3.74. The van der Waals surface area contributed by atoms with Crippen LogP contribution in [0.5, 0.6) is 0 Å². The van der Waals surface area contributed by atoms with Crippen LogP contribution in [0.4, 0.5) is 0 Å². The van der Waals surface area contributed by atoms with Crippen LogP contribution in [0.1, 0.15) is 0 Å². The molecule has 0 unspecified atom stereocenters. The molecular weight excluding hydrogens is 336 g/mol. The molecule has 12 heavy (non-hydrogen) atoms. The van der Waals surface area contributed by atoms with Gasteiger partial charge in [-0.25, -0.2) is 13.4 Å². The zero-order valence-electron chi connectivity index (χ0n) is 5.46. The van der Waals surface area contributed by atoms with Crippen LogP contribution in [0.25, 0.3) is 0 Å². The van der Waals surface area contributed by atoms with Gasteiger partial charge in [-0.1, -0.05) is 11.6 Å². The predicted molar refractivity (Wildman–Crippen MR) is 55.0 cm³/mol. The van der Waals surface area contributed by atoms with Crippen molar-refractivity contribution in [2.24, 2.45) is 0 Å². The van der Waals surface area contributed by atoms with E-state index in [0.717, 1.165) is 0 Å². The summed E-state index contributed by atoms with van der Waals surface area (Å²) < 4.78 is 22.0. The first-order valence-electron chi connectivity index (χ1n) is 2.67. The number of pyridine rings is 1. The summed E-state index contributed by atoms with van der Waals surface area (Å²) in [6.07, 6.45) is 1.36. The molecule has 0 spiro atoms. The topological polar surface area (TPSA) is 47.0 Å². The Hall–Kier alpha value is 0.410. The average Bonchev–Trinajstić information content (AvgIpc) is 1.92. The number of nitrogens with zero attached hydrogens (tertiary/aromatic N) is 1. The molecule has 1 rings (SSSR count). The molecular formula is C5H2Cl2INO2S. The average molecular weight is 338 g/mol. The van der Waals surface area contributed by atoms with Crippen LogP contribution < -0.4 is 0 Å². The van der Waals surface area contributed by atoms with E-state index >= 15 is 0 Å². The lowest BCUT2D eigenvalue weighted by molar-refractivity contribution is 0.608. The summed E-state index contributed by atoms with van der Waals surface area (Å²) in [5, 5.41) is 0.245. The lowest BCUT2D eigenvalue weighted by atomic mass is 10.5. The molecule has 0 amide bonds. The van der Waals surface area contributed by atoms with Crippen molar-refractivity contribution >= 4 is 53.9 Å². The Labute approximate surface area is 92.6 Å². The van der Waals surface area contributed by atoms with E-state index in [0.29, 0.717) is 3.70 Å².